The van der Waals surface area contributed by atoms with Crippen LogP contribution >= 0.6 is 23.4 Å². The zero-order valence-corrected chi connectivity index (χ0v) is 13.8. The van der Waals surface area contributed by atoms with Gasteiger partial charge in [0.25, 0.3) is 11.1 Å². The van der Waals surface area contributed by atoms with Crippen LogP contribution < -0.4 is 0 Å². The lowest BCUT2D eigenvalue weighted by atomic mass is 10.2. The van der Waals surface area contributed by atoms with E-state index in [1.807, 2.05) is 0 Å². The zero-order valence-electron chi connectivity index (χ0n) is 12.3. The molecule has 0 spiro atoms. The first-order chi connectivity index (χ1) is 11.5. The molecule has 0 bridgehead atoms. The molecule has 2 amide bonds. The van der Waals surface area contributed by atoms with E-state index in [1.165, 1.54) is 24.3 Å². The van der Waals surface area contributed by atoms with Crippen LogP contribution in [-0.2, 0) is 11.3 Å². The molecule has 5 nitrogen and oxygen atoms in total. The van der Waals surface area contributed by atoms with Crippen molar-refractivity contribution in [1.29, 1.82) is 0 Å². The monoisotopic (exact) mass is 361 g/mol. The molecule has 0 aliphatic carbocycles. The van der Waals surface area contributed by atoms with Gasteiger partial charge in [0, 0.05) is 5.02 Å². The van der Waals surface area contributed by atoms with E-state index in [9.17, 15) is 19.8 Å². The molecular weight excluding hydrogens is 350 g/mol. The van der Waals surface area contributed by atoms with E-state index in [0.29, 0.717) is 16.1 Å². The summed E-state index contributed by atoms with van der Waals surface area (Å²) in [5.74, 6) is -0.962. The van der Waals surface area contributed by atoms with Crippen molar-refractivity contribution in [3.63, 3.8) is 0 Å². The summed E-state index contributed by atoms with van der Waals surface area (Å²) in [6.45, 7) is 0.0997. The van der Waals surface area contributed by atoms with Gasteiger partial charge in [-0.1, -0.05) is 35.9 Å². The van der Waals surface area contributed by atoms with Gasteiger partial charge in [0.05, 0.1) is 11.4 Å². The Hall–Kier alpha value is -2.44. The highest BCUT2D eigenvalue weighted by Crippen LogP contribution is 2.35. The highest BCUT2D eigenvalue weighted by atomic mass is 35.5. The van der Waals surface area contributed by atoms with Crippen LogP contribution in [0.4, 0.5) is 4.79 Å². The number of hydrogen-bond acceptors (Lipinski definition) is 5. The summed E-state index contributed by atoms with van der Waals surface area (Å²) in [5, 5.41) is 18.9. The van der Waals surface area contributed by atoms with Crippen molar-refractivity contribution in [1.82, 2.24) is 4.90 Å². The van der Waals surface area contributed by atoms with Gasteiger partial charge < -0.3 is 10.2 Å². The van der Waals surface area contributed by atoms with E-state index in [0.717, 1.165) is 16.7 Å². The smallest absolute Gasteiger partial charge is 0.293 e. The maximum atomic E-state index is 12.4. The van der Waals surface area contributed by atoms with Crippen LogP contribution in [0.3, 0.4) is 0 Å². The van der Waals surface area contributed by atoms with Crippen LogP contribution in [0.15, 0.2) is 47.4 Å². The lowest BCUT2D eigenvalue weighted by molar-refractivity contribution is -0.123. The molecule has 1 heterocycles. The minimum Gasteiger partial charge on any atom is -0.504 e. The third-order valence-corrected chi connectivity index (χ3v) is 4.73. The number of imide groups is 1. The van der Waals surface area contributed by atoms with Crippen molar-refractivity contribution >= 4 is 40.6 Å². The minimum absolute atomic E-state index is 0.0997. The molecule has 2 aromatic carbocycles. The lowest BCUT2D eigenvalue weighted by Gasteiger charge is -2.13. The van der Waals surface area contributed by atoms with Gasteiger partial charge in [-0.15, -0.1) is 0 Å². The van der Waals surface area contributed by atoms with Gasteiger partial charge in [-0.25, -0.2) is 0 Å². The van der Waals surface area contributed by atoms with Crippen LogP contribution in [-0.4, -0.2) is 26.3 Å². The Bertz CT molecular complexity index is 865. The predicted octanol–water partition coefficient (Wildman–Crippen LogP) is 3.99. The number of rotatable bonds is 3. The Kier molecular flexibility index (Phi) is 4.51. The molecule has 122 valence electrons. The fourth-order valence-electron chi connectivity index (χ4n) is 2.21. The zero-order chi connectivity index (χ0) is 17.3. The number of benzene rings is 2. The van der Waals surface area contributed by atoms with Gasteiger partial charge in [-0.2, -0.15) is 0 Å². The number of carbonyl (C=O) groups excluding carboxylic acids is 2. The summed E-state index contributed by atoms with van der Waals surface area (Å²) in [4.78, 5) is 25.9. The number of thioether (sulfide) groups is 1. The molecule has 0 radical (unpaired) electrons. The number of aromatic hydroxyl groups is 2. The van der Waals surface area contributed by atoms with E-state index in [2.05, 4.69) is 0 Å². The van der Waals surface area contributed by atoms with E-state index in [4.69, 9.17) is 11.6 Å². The van der Waals surface area contributed by atoms with Crippen molar-refractivity contribution < 1.29 is 19.8 Å². The topological polar surface area (TPSA) is 77.8 Å². The van der Waals surface area contributed by atoms with Crippen LogP contribution in [0.5, 0.6) is 11.5 Å². The molecular formula is C17H12ClNO4S. The molecule has 1 saturated heterocycles. The molecule has 1 aliphatic heterocycles. The number of nitrogens with zero attached hydrogens (tertiary/aromatic N) is 1. The van der Waals surface area contributed by atoms with Gasteiger partial charge in [-0.3, -0.25) is 14.5 Å². The van der Waals surface area contributed by atoms with E-state index in [1.54, 1.807) is 24.3 Å². The second-order valence-corrected chi connectivity index (χ2v) is 6.51. The Morgan fingerprint density at radius 3 is 2.54 bits per heavy atom. The van der Waals surface area contributed by atoms with E-state index in [-0.39, 0.29) is 28.2 Å². The number of halogens is 1. The number of phenols is 2. The summed E-state index contributed by atoms with van der Waals surface area (Å²) in [6, 6.07) is 11.2. The first kappa shape index (κ1) is 16.4. The Morgan fingerprint density at radius 2 is 1.83 bits per heavy atom. The number of hydrogen-bond donors (Lipinski definition) is 2. The third kappa shape index (κ3) is 3.25. The van der Waals surface area contributed by atoms with Crippen LogP contribution in [0.25, 0.3) is 6.08 Å². The predicted molar refractivity (Wildman–Crippen MR) is 92.7 cm³/mol. The molecule has 2 aromatic rings. The van der Waals surface area contributed by atoms with Gasteiger partial charge in [0.2, 0.25) is 0 Å². The summed E-state index contributed by atoms with van der Waals surface area (Å²) in [6.07, 6.45) is 1.50. The van der Waals surface area contributed by atoms with Crippen molar-refractivity contribution in [3.05, 3.63) is 63.5 Å². The fourth-order valence-corrected chi connectivity index (χ4v) is 3.25. The molecule has 0 atom stereocenters. The summed E-state index contributed by atoms with van der Waals surface area (Å²) in [5.41, 5.74) is 1.19. The van der Waals surface area contributed by atoms with Gasteiger partial charge in [0.15, 0.2) is 11.5 Å². The largest absolute Gasteiger partial charge is 0.504 e. The summed E-state index contributed by atoms with van der Waals surface area (Å²) < 4.78 is 0. The molecule has 1 aliphatic rings. The fraction of sp³-hybridized carbons (Fsp3) is 0.0588. The van der Waals surface area contributed by atoms with Crippen LogP contribution in [0, 0.1) is 0 Å². The number of amides is 2. The van der Waals surface area contributed by atoms with E-state index < -0.39 is 5.91 Å². The maximum Gasteiger partial charge on any atom is 0.293 e. The second-order valence-electron chi connectivity index (χ2n) is 5.11. The van der Waals surface area contributed by atoms with Crippen molar-refractivity contribution in [3.8, 4) is 11.5 Å². The van der Waals surface area contributed by atoms with Crippen molar-refractivity contribution in [2.45, 2.75) is 6.54 Å². The molecule has 3 rings (SSSR count). The van der Waals surface area contributed by atoms with Crippen molar-refractivity contribution in [2.24, 2.45) is 0 Å². The third-order valence-electron chi connectivity index (χ3n) is 3.46. The average molecular weight is 362 g/mol. The molecule has 2 N–H and O–H groups in total. The highest BCUT2D eigenvalue weighted by molar-refractivity contribution is 8.18. The van der Waals surface area contributed by atoms with Gasteiger partial charge in [0.1, 0.15) is 0 Å². The standard InChI is InChI=1S/C17H12ClNO4S/c18-12-4-2-1-3-11(12)9-19-16(22)15(24-17(19)23)8-10-5-6-13(20)14(21)7-10/h1-8,20-21H,9H2/b15-8-. The normalized spacial score (nSPS) is 16.2. The second kappa shape index (κ2) is 6.59. The van der Waals surface area contributed by atoms with Crippen LogP contribution in [0.1, 0.15) is 11.1 Å². The van der Waals surface area contributed by atoms with Gasteiger partial charge in [-0.05, 0) is 47.2 Å². The summed E-state index contributed by atoms with van der Waals surface area (Å²) in [7, 11) is 0. The molecule has 24 heavy (non-hydrogen) atoms. The Balaban J connectivity index is 1.84. The van der Waals surface area contributed by atoms with Crippen LogP contribution in [0.2, 0.25) is 5.02 Å². The highest BCUT2D eigenvalue weighted by Gasteiger charge is 2.35. The first-order valence-corrected chi connectivity index (χ1v) is 8.16. The Morgan fingerprint density at radius 1 is 1.08 bits per heavy atom. The number of phenolic OH excluding ortho intramolecular Hbond substituents is 2. The summed E-state index contributed by atoms with van der Waals surface area (Å²) >= 11 is 6.90. The van der Waals surface area contributed by atoms with Gasteiger partial charge >= 0.3 is 0 Å². The minimum atomic E-state index is -0.419. The van der Waals surface area contributed by atoms with Crippen molar-refractivity contribution in [2.75, 3.05) is 0 Å². The molecule has 0 unspecified atom stereocenters. The quantitative estimate of drug-likeness (QED) is 0.638. The molecule has 0 aromatic heterocycles. The molecule has 7 heteroatoms. The average Bonchev–Trinajstić information content (AvgIpc) is 2.80. The van der Waals surface area contributed by atoms with E-state index >= 15 is 0 Å². The Labute approximate surface area is 147 Å². The number of carbonyl (C=O) groups is 2. The maximum absolute atomic E-state index is 12.4. The SMILES string of the molecule is O=C1S/C(=C\c2ccc(O)c(O)c2)C(=O)N1Cc1ccccc1Cl. The first-order valence-electron chi connectivity index (χ1n) is 6.96. The lowest BCUT2D eigenvalue weighted by Crippen LogP contribution is -2.27. The molecule has 0 saturated carbocycles. The molecule has 1 fully saturated rings.